The SMILES string of the molecule is Cc1c(C)c2c(c(C)c1OC(=O)CC1(CC(=O)N(Cc3ccccc3)CC(C)(C)SN=O)CCCC1)CCC(C)(COc1ccc(Cc3sc(=O)[nH]c3O)cc1)O2. The Balaban J connectivity index is 1.11. The summed E-state index contributed by atoms with van der Waals surface area (Å²) in [5.41, 5.74) is 4.50. The van der Waals surface area contributed by atoms with Gasteiger partial charge in [-0.1, -0.05) is 66.6 Å². The van der Waals surface area contributed by atoms with Crippen LogP contribution in [0.3, 0.4) is 0 Å². The number of fused-ring (bicyclic) bond motifs is 1. The van der Waals surface area contributed by atoms with Gasteiger partial charge >= 0.3 is 10.8 Å². The molecule has 0 saturated heterocycles. The van der Waals surface area contributed by atoms with Crippen molar-refractivity contribution in [1.29, 1.82) is 0 Å². The van der Waals surface area contributed by atoms with Gasteiger partial charge in [-0.15, -0.1) is 4.91 Å². The van der Waals surface area contributed by atoms with E-state index in [2.05, 4.69) is 9.57 Å². The smallest absolute Gasteiger partial charge is 0.311 e. The molecule has 2 aliphatic rings. The fourth-order valence-corrected chi connectivity index (χ4v) is 9.36. The van der Waals surface area contributed by atoms with Crippen molar-refractivity contribution in [2.75, 3.05) is 13.2 Å². The molecule has 0 radical (unpaired) electrons. The third-order valence-electron chi connectivity index (χ3n) is 11.4. The van der Waals surface area contributed by atoms with Crippen molar-refractivity contribution in [3.63, 3.8) is 0 Å². The molecular formula is C44H53N3O8S2. The van der Waals surface area contributed by atoms with Gasteiger partial charge in [-0.3, -0.25) is 19.4 Å². The number of carbonyl (C=O) groups excluding carboxylic acids is 2. The number of amides is 1. The van der Waals surface area contributed by atoms with Crippen LogP contribution in [-0.2, 0) is 29.0 Å². The summed E-state index contributed by atoms with van der Waals surface area (Å²) >= 11 is 1.93. The van der Waals surface area contributed by atoms with Crippen LogP contribution in [-0.4, -0.2) is 50.4 Å². The monoisotopic (exact) mass is 815 g/mol. The Morgan fingerprint density at radius 1 is 0.982 bits per heavy atom. The average molecular weight is 816 g/mol. The number of aromatic nitrogens is 1. The van der Waals surface area contributed by atoms with Crippen molar-refractivity contribution in [2.24, 2.45) is 10.00 Å². The number of ether oxygens (including phenoxy) is 3. The van der Waals surface area contributed by atoms with Crippen molar-refractivity contribution in [3.8, 4) is 23.1 Å². The second-order valence-electron chi connectivity index (χ2n) is 16.7. The lowest BCUT2D eigenvalue weighted by atomic mass is 9.79. The average Bonchev–Trinajstić information content (AvgIpc) is 3.75. The largest absolute Gasteiger partial charge is 0.494 e. The first-order valence-corrected chi connectivity index (χ1v) is 21.1. The van der Waals surface area contributed by atoms with Crippen LogP contribution in [0.15, 0.2) is 64.0 Å². The number of thiazole rings is 1. The minimum Gasteiger partial charge on any atom is -0.494 e. The lowest BCUT2D eigenvalue weighted by Gasteiger charge is -2.38. The number of nitrogens with zero attached hydrogens (tertiary/aromatic N) is 2. The maximum atomic E-state index is 14.1. The highest BCUT2D eigenvalue weighted by Gasteiger charge is 2.41. The number of nitrogens with one attached hydrogen (secondary N) is 1. The number of hydrogen-bond donors (Lipinski definition) is 2. The van der Waals surface area contributed by atoms with Crippen molar-refractivity contribution in [3.05, 3.63) is 107 Å². The van der Waals surface area contributed by atoms with E-state index in [0.717, 1.165) is 94.5 Å². The molecule has 11 nitrogen and oxygen atoms in total. The number of aromatic hydroxyl groups is 1. The lowest BCUT2D eigenvalue weighted by molar-refractivity contribution is -0.140. The first-order chi connectivity index (χ1) is 27.1. The quantitative estimate of drug-likeness (QED) is 0.0489. The van der Waals surface area contributed by atoms with Crippen LogP contribution >= 0.6 is 23.3 Å². The molecule has 1 atom stereocenters. The molecule has 0 bridgehead atoms. The number of aromatic amines is 1. The molecule has 1 unspecified atom stereocenters. The maximum absolute atomic E-state index is 14.1. The molecule has 1 fully saturated rings. The van der Waals surface area contributed by atoms with Crippen LogP contribution in [0, 0.1) is 31.1 Å². The zero-order valence-corrected chi connectivity index (χ0v) is 35.3. The summed E-state index contributed by atoms with van der Waals surface area (Å²) in [7, 11) is 0. The Kier molecular flexibility index (Phi) is 12.9. The fourth-order valence-electron chi connectivity index (χ4n) is 8.19. The van der Waals surface area contributed by atoms with Gasteiger partial charge < -0.3 is 24.2 Å². The number of esters is 1. The molecular weight excluding hydrogens is 763 g/mol. The Labute approximate surface area is 342 Å². The number of H-pyrrole nitrogens is 1. The van der Waals surface area contributed by atoms with E-state index in [4.69, 9.17) is 14.2 Å². The van der Waals surface area contributed by atoms with Gasteiger partial charge in [0.1, 0.15) is 29.5 Å². The van der Waals surface area contributed by atoms with Gasteiger partial charge in [0.2, 0.25) is 11.8 Å². The van der Waals surface area contributed by atoms with E-state index in [-0.39, 0.29) is 35.5 Å². The Bertz CT molecular complexity index is 2140. The van der Waals surface area contributed by atoms with Gasteiger partial charge in [0, 0.05) is 48.0 Å². The molecule has 1 saturated carbocycles. The zero-order chi connectivity index (χ0) is 41.0. The summed E-state index contributed by atoms with van der Waals surface area (Å²) in [6.07, 6.45) is 5.66. The second-order valence-corrected chi connectivity index (χ2v) is 19.2. The molecule has 304 valence electrons. The Morgan fingerprint density at radius 2 is 1.68 bits per heavy atom. The normalized spacial score (nSPS) is 17.4. The van der Waals surface area contributed by atoms with Crippen LogP contribution in [0.25, 0.3) is 0 Å². The van der Waals surface area contributed by atoms with Gasteiger partial charge in [0.15, 0.2) is 0 Å². The topological polar surface area (TPSA) is 148 Å². The van der Waals surface area contributed by atoms with Crippen LogP contribution in [0.2, 0.25) is 0 Å². The molecule has 3 aromatic carbocycles. The summed E-state index contributed by atoms with van der Waals surface area (Å²) in [6.45, 7) is 12.9. The summed E-state index contributed by atoms with van der Waals surface area (Å²) < 4.78 is 21.6. The molecule has 57 heavy (non-hydrogen) atoms. The van der Waals surface area contributed by atoms with Gasteiger partial charge in [-0.25, -0.2) is 0 Å². The lowest BCUT2D eigenvalue weighted by Crippen LogP contribution is -2.42. The summed E-state index contributed by atoms with van der Waals surface area (Å²) in [5, 5.41) is 9.93. The van der Waals surface area contributed by atoms with E-state index in [9.17, 15) is 24.4 Å². The number of carbonyl (C=O) groups is 2. The molecule has 2 heterocycles. The molecule has 1 aromatic heterocycles. The van der Waals surface area contributed by atoms with Crippen molar-refractivity contribution in [1.82, 2.24) is 9.88 Å². The van der Waals surface area contributed by atoms with Gasteiger partial charge in [-0.2, -0.15) is 0 Å². The highest BCUT2D eigenvalue weighted by molar-refractivity contribution is 7.99. The van der Waals surface area contributed by atoms with Crippen molar-refractivity contribution < 1.29 is 28.9 Å². The molecule has 13 heteroatoms. The van der Waals surface area contributed by atoms with Crippen molar-refractivity contribution >= 4 is 35.2 Å². The molecule has 0 spiro atoms. The first kappa shape index (κ1) is 42.0. The van der Waals surface area contributed by atoms with Crippen LogP contribution in [0.1, 0.15) is 104 Å². The summed E-state index contributed by atoms with van der Waals surface area (Å²) in [4.78, 5) is 55.3. The highest BCUT2D eigenvalue weighted by atomic mass is 32.2. The minimum atomic E-state index is -0.593. The predicted molar refractivity (Wildman–Crippen MR) is 224 cm³/mol. The number of nitroso groups, excluding NO2 is 1. The fraction of sp³-hybridized carbons (Fsp3) is 0.477. The molecule has 6 rings (SSSR count). The van der Waals surface area contributed by atoms with E-state index in [1.807, 2.05) is 96.1 Å². The number of hydrogen-bond acceptors (Lipinski definition) is 11. The van der Waals surface area contributed by atoms with Crippen LogP contribution in [0.4, 0.5) is 0 Å². The summed E-state index contributed by atoms with van der Waals surface area (Å²) in [6, 6.07) is 17.4. The third kappa shape index (κ3) is 10.3. The Morgan fingerprint density at radius 3 is 2.33 bits per heavy atom. The minimum absolute atomic E-state index is 0.0414. The number of rotatable bonds is 16. The molecule has 4 aromatic rings. The van der Waals surface area contributed by atoms with Crippen LogP contribution in [0.5, 0.6) is 23.1 Å². The van der Waals surface area contributed by atoms with E-state index in [0.29, 0.717) is 48.9 Å². The van der Waals surface area contributed by atoms with Gasteiger partial charge in [0.25, 0.3) is 0 Å². The molecule has 1 aliphatic carbocycles. The second kappa shape index (κ2) is 17.5. The third-order valence-corrected chi connectivity index (χ3v) is 13.0. The van der Waals surface area contributed by atoms with E-state index < -0.39 is 15.8 Å². The van der Waals surface area contributed by atoms with Crippen molar-refractivity contribution in [2.45, 2.75) is 116 Å². The number of benzene rings is 3. The van der Waals surface area contributed by atoms with E-state index >= 15 is 0 Å². The van der Waals surface area contributed by atoms with Gasteiger partial charge in [0.05, 0.1) is 16.0 Å². The highest BCUT2D eigenvalue weighted by Crippen LogP contribution is 2.47. The van der Waals surface area contributed by atoms with Gasteiger partial charge in [-0.05, 0) is 113 Å². The Hall–Kier alpha value is -4.62. The van der Waals surface area contributed by atoms with Crippen LogP contribution < -0.4 is 19.1 Å². The van der Waals surface area contributed by atoms with E-state index in [1.165, 1.54) is 0 Å². The standard InChI is InChI=1S/C44H53N3O8S2/c1-28-29(2)39-34(18-21-43(6,55-39)27-53-33-16-14-31(15-17-33)22-35-40(50)45-41(51)56-35)30(3)38(28)54-37(49)24-44(19-10-11-20-44)23-36(48)47(26-42(4,5)57-46-52)25-32-12-8-7-9-13-32/h7-9,12-17,50H,10-11,18-27H2,1-6H3,(H,45,51). The maximum Gasteiger partial charge on any atom is 0.311 e. The molecule has 1 amide bonds. The first-order valence-electron chi connectivity index (χ1n) is 19.6. The summed E-state index contributed by atoms with van der Waals surface area (Å²) in [5.74, 6) is 1.58. The van der Waals surface area contributed by atoms with E-state index in [1.54, 1.807) is 4.90 Å². The molecule has 2 N–H and O–H groups in total. The predicted octanol–water partition coefficient (Wildman–Crippen LogP) is 9.29. The molecule has 1 aliphatic heterocycles. The zero-order valence-electron chi connectivity index (χ0n) is 33.7.